The molecule has 2 atom stereocenters. The largest absolute Gasteiger partial charge is 0.484 e. The highest BCUT2D eigenvalue weighted by atomic mass is 35.5. The third-order valence-corrected chi connectivity index (χ3v) is 9.29. The number of carbonyl (C=O) groups is 1. The van der Waals surface area contributed by atoms with Gasteiger partial charge in [0.25, 0.3) is 0 Å². The predicted octanol–water partition coefficient (Wildman–Crippen LogP) is 6.19. The van der Waals surface area contributed by atoms with Gasteiger partial charge in [0.15, 0.2) is 17.4 Å². The van der Waals surface area contributed by atoms with Gasteiger partial charge in [-0.25, -0.2) is 28.1 Å². The van der Waals surface area contributed by atoms with Crippen LogP contribution in [0.5, 0.6) is 11.6 Å². The van der Waals surface area contributed by atoms with Crippen LogP contribution in [0.1, 0.15) is 48.5 Å². The van der Waals surface area contributed by atoms with Crippen molar-refractivity contribution in [2.75, 3.05) is 13.1 Å². The zero-order valence-electron chi connectivity index (χ0n) is 27.0. The van der Waals surface area contributed by atoms with Crippen LogP contribution in [0.2, 0.25) is 5.02 Å². The number of aryl methyl sites for hydroxylation is 1. The Morgan fingerprint density at radius 1 is 1.02 bits per heavy atom. The van der Waals surface area contributed by atoms with E-state index in [-0.39, 0.29) is 40.6 Å². The smallest absolute Gasteiger partial charge is 0.320 e. The summed E-state index contributed by atoms with van der Waals surface area (Å²) in [4.78, 5) is 27.2. The number of benzene rings is 2. The number of halogens is 4. The molecule has 0 saturated carbocycles. The van der Waals surface area contributed by atoms with Crippen molar-refractivity contribution in [2.24, 2.45) is 5.92 Å². The first-order valence-corrected chi connectivity index (χ1v) is 16.6. The van der Waals surface area contributed by atoms with Crippen molar-refractivity contribution in [2.45, 2.75) is 58.0 Å². The molecule has 1 N–H and O–H groups in total. The van der Waals surface area contributed by atoms with Gasteiger partial charge in [0.1, 0.15) is 41.5 Å². The van der Waals surface area contributed by atoms with Crippen LogP contribution in [0.3, 0.4) is 0 Å². The molecule has 1 saturated heterocycles. The second kappa shape index (κ2) is 14.0. The highest BCUT2D eigenvalue weighted by Crippen LogP contribution is 2.34. The first kappa shape index (κ1) is 33.4. The van der Waals surface area contributed by atoms with Crippen LogP contribution in [-0.4, -0.2) is 59.3 Å². The molecule has 14 heteroatoms. The standard InChI is InChI=1S/C36H32ClF3N6O4/c1-2-45-20-41-16-23(45)17-46-31-14-21(25-4-5-26(25)36(47)48)13-29(40)35(31)43-33(46)18-44-11-9-24(10-12-44)50-34-8-6-27(38)30(42-34)19-49-32-7-3-22(37)15-28(32)39/h3,6-8,13-16,20,24-26H,2,9-12,17-19H2,1H3,(H,47,48). The molecule has 50 heavy (non-hydrogen) atoms. The van der Waals surface area contributed by atoms with Gasteiger partial charge >= 0.3 is 5.97 Å². The Kier molecular flexibility index (Phi) is 9.40. The molecule has 0 radical (unpaired) electrons. The average Bonchev–Trinajstić information content (AvgIpc) is 3.66. The van der Waals surface area contributed by atoms with Crippen molar-refractivity contribution in [3.8, 4) is 23.5 Å². The third kappa shape index (κ3) is 6.86. The van der Waals surface area contributed by atoms with Crippen LogP contribution in [-0.2, 0) is 31.0 Å². The molecule has 3 aromatic heterocycles. The van der Waals surface area contributed by atoms with Crippen LogP contribution in [0.15, 0.2) is 55.0 Å². The van der Waals surface area contributed by atoms with Gasteiger partial charge in [0, 0.05) is 36.9 Å². The molecule has 1 aliphatic carbocycles. The fourth-order valence-electron chi connectivity index (χ4n) is 6.31. The Labute approximate surface area is 290 Å². The summed E-state index contributed by atoms with van der Waals surface area (Å²) in [6.45, 7) is 4.57. The lowest BCUT2D eigenvalue weighted by atomic mass is 9.80. The van der Waals surface area contributed by atoms with Crippen LogP contribution in [0, 0.1) is 35.2 Å². The van der Waals surface area contributed by atoms with Gasteiger partial charge in [-0.05, 0) is 61.7 Å². The maximum Gasteiger partial charge on any atom is 0.320 e. The number of hydrogen-bond donors (Lipinski definition) is 1. The van der Waals surface area contributed by atoms with E-state index in [1.54, 1.807) is 18.6 Å². The summed E-state index contributed by atoms with van der Waals surface area (Å²) in [5.74, 6) is 2.08. The van der Waals surface area contributed by atoms with E-state index < -0.39 is 35.3 Å². The minimum Gasteiger partial charge on any atom is -0.484 e. The normalized spacial score (nSPS) is 17.7. The van der Waals surface area contributed by atoms with Crippen molar-refractivity contribution < 1.29 is 32.5 Å². The van der Waals surface area contributed by atoms with E-state index in [1.807, 2.05) is 16.1 Å². The van der Waals surface area contributed by atoms with Crippen molar-refractivity contribution in [3.63, 3.8) is 0 Å². The van der Waals surface area contributed by atoms with Gasteiger partial charge in [-0.2, -0.15) is 0 Å². The first-order chi connectivity index (χ1) is 24.2. The number of piperidine rings is 1. The van der Waals surface area contributed by atoms with Crippen molar-refractivity contribution >= 4 is 28.6 Å². The summed E-state index contributed by atoms with van der Waals surface area (Å²) in [6.07, 6.45) is 4.64. The first-order valence-electron chi connectivity index (χ1n) is 16.2. The molecule has 4 heterocycles. The number of hydrogen-bond acceptors (Lipinski definition) is 7. The molecule has 7 rings (SSSR count). The SMILES string of the molecule is CCn1cncc1Cn1c(CN2CCC(Oc3ccc(F)c(COc4ccc(Cl)cc4F)n3)CC2)nc2c(F)cc(C3C#CC3C(=O)O)cc21. The molecule has 0 amide bonds. The van der Waals surface area contributed by atoms with E-state index in [0.717, 1.165) is 11.8 Å². The lowest BCUT2D eigenvalue weighted by Gasteiger charge is -2.31. The van der Waals surface area contributed by atoms with Gasteiger partial charge in [-0.1, -0.05) is 23.4 Å². The molecule has 0 bridgehead atoms. The monoisotopic (exact) mass is 704 g/mol. The highest BCUT2D eigenvalue weighted by Gasteiger charge is 2.33. The van der Waals surface area contributed by atoms with Crippen LogP contribution < -0.4 is 9.47 Å². The Morgan fingerprint density at radius 2 is 1.84 bits per heavy atom. The second-order valence-corrected chi connectivity index (χ2v) is 12.7. The zero-order chi connectivity index (χ0) is 34.9. The van der Waals surface area contributed by atoms with Gasteiger partial charge in [0.2, 0.25) is 5.88 Å². The average molecular weight is 705 g/mol. The minimum absolute atomic E-state index is 0.0178. The number of nitrogens with zero attached hydrogens (tertiary/aromatic N) is 6. The van der Waals surface area contributed by atoms with Crippen molar-refractivity contribution in [1.82, 2.24) is 29.0 Å². The molecule has 2 aliphatic rings. The van der Waals surface area contributed by atoms with E-state index in [0.29, 0.717) is 62.5 Å². The number of carboxylic acid groups (broad SMARTS) is 1. The molecular formula is C36H32ClF3N6O4. The molecule has 1 fully saturated rings. The van der Waals surface area contributed by atoms with Gasteiger partial charge in [-0.15, -0.1) is 0 Å². The quantitative estimate of drug-likeness (QED) is 0.153. The summed E-state index contributed by atoms with van der Waals surface area (Å²) >= 11 is 5.79. The summed E-state index contributed by atoms with van der Waals surface area (Å²) in [5, 5.41) is 9.76. The van der Waals surface area contributed by atoms with E-state index >= 15 is 4.39 Å². The fourth-order valence-corrected chi connectivity index (χ4v) is 6.47. The number of likely N-dealkylation sites (tertiary alicyclic amines) is 1. The predicted molar refractivity (Wildman–Crippen MR) is 177 cm³/mol. The molecular weight excluding hydrogens is 673 g/mol. The number of carboxylic acids is 1. The zero-order valence-corrected chi connectivity index (χ0v) is 27.7. The van der Waals surface area contributed by atoms with Crippen LogP contribution in [0.25, 0.3) is 11.0 Å². The van der Waals surface area contributed by atoms with Crippen molar-refractivity contribution in [1.29, 1.82) is 0 Å². The van der Waals surface area contributed by atoms with Gasteiger partial charge in [0.05, 0.1) is 36.5 Å². The molecule has 2 unspecified atom stereocenters. The Hall–Kier alpha value is -5.06. The molecule has 10 nitrogen and oxygen atoms in total. The number of ether oxygens (including phenoxy) is 2. The van der Waals surface area contributed by atoms with Gasteiger partial charge in [-0.3, -0.25) is 9.69 Å². The number of rotatable bonds is 12. The molecule has 2 aromatic carbocycles. The molecule has 5 aromatic rings. The van der Waals surface area contributed by atoms with Crippen LogP contribution >= 0.6 is 11.6 Å². The second-order valence-electron chi connectivity index (χ2n) is 12.3. The van der Waals surface area contributed by atoms with E-state index in [1.165, 1.54) is 30.3 Å². The van der Waals surface area contributed by atoms with E-state index in [2.05, 4.69) is 26.7 Å². The summed E-state index contributed by atoms with van der Waals surface area (Å²) in [5.41, 5.74) is 2.20. The minimum atomic E-state index is -1.03. The fraction of sp³-hybridized carbons (Fsp3) is 0.333. The summed E-state index contributed by atoms with van der Waals surface area (Å²) in [7, 11) is 0. The Bertz CT molecular complexity index is 2140. The highest BCUT2D eigenvalue weighted by molar-refractivity contribution is 6.30. The maximum absolute atomic E-state index is 15.6. The molecule has 1 aliphatic heterocycles. The summed E-state index contributed by atoms with van der Waals surface area (Å²) in [6, 6.07) is 9.80. The number of imidazole rings is 2. The van der Waals surface area contributed by atoms with E-state index in [9.17, 15) is 18.7 Å². The molecule has 0 spiro atoms. The topological polar surface area (TPSA) is 108 Å². The third-order valence-electron chi connectivity index (χ3n) is 9.06. The number of aromatic nitrogens is 5. The Morgan fingerprint density at radius 3 is 2.56 bits per heavy atom. The van der Waals surface area contributed by atoms with E-state index in [4.69, 9.17) is 26.1 Å². The lowest BCUT2D eigenvalue weighted by molar-refractivity contribution is -0.140. The number of pyridine rings is 1. The summed E-state index contributed by atoms with van der Waals surface area (Å²) < 4.78 is 59.8. The number of aliphatic carboxylic acids is 1. The molecule has 258 valence electrons. The lowest BCUT2D eigenvalue weighted by Crippen LogP contribution is -2.38. The van der Waals surface area contributed by atoms with Crippen molar-refractivity contribution in [3.05, 3.63) is 100 Å². The van der Waals surface area contributed by atoms with Gasteiger partial charge < -0.3 is 23.7 Å². The maximum atomic E-state index is 15.6. The Balaban J connectivity index is 1.05. The van der Waals surface area contributed by atoms with Crippen LogP contribution in [0.4, 0.5) is 13.2 Å². The number of fused-ring (bicyclic) bond motifs is 1.